The number of nitrogens with one attached hydrogen (secondary N) is 1. The van der Waals surface area contributed by atoms with E-state index in [1.54, 1.807) is 6.92 Å². The van der Waals surface area contributed by atoms with Crippen molar-refractivity contribution >= 4 is 21.8 Å². The molecule has 0 heterocycles. The summed E-state index contributed by atoms with van der Waals surface area (Å²) in [5.41, 5.74) is 0.269. The van der Waals surface area contributed by atoms with Crippen molar-refractivity contribution in [2.24, 2.45) is 5.92 Å². The lowest BCUT2D eigenvalue weighted by Gasteiger charge is -2.27. The first-order valence-electron chi connectivity index (χ1n) is 6.55. The van der Waals surface area contributed by atoms with Gasteiger partial charge >= 0.3 is 0 Å². The summed E-state index contributed by atoms with van der Waals surface area (Å²) in [5.74, 6) is 0.0822. The van der Waals surface area contributed by atoms with Gasteiger partial charge in [0, 0.05) is 17.4 Å². The Labute approximate surface area is 123 Å². The summed E-state index contributed by atoms with van der Waals surface area (Å²) in [7, 11) is 0. The minimum Gasteiger partial charge on any atom is -0.388 e. The first kappa shape index (κ1) is 16.2. The number of aryl methyl sites for hydroxylation is 1. The summed E-state index contributed by atoms with van der Waals surface area (Å²) in [4.78, 5) is 11.7. The van der Waals surface area contributed by atoms with Crippen LogP contribution < -0.4 is 5.32 Å². The molecule has 0 saturated heterocycles. The van der Waals surface area contributed by atoms with Gasteiger partial charge in [0.05, 0.1) is 5.60 Å². The summed E-state index contributed by atoms with van der Waals surface area (Å²) in [5, 5.41) is 12.8. The third-order valence-corrected chi connectivity index (χ3v) is 3.91. The molecule has 0 aromatic heterocycles. The monoisotopic (exact) mass is 327 g/mol. The molecule has 1 aromatic rings. The fraction of sp³-hybridized carbons (Fsp3) is 0.533. The predicted molar refractivity (Wildman–Crippen MR) is 80.9 cm³/mol. The van der Waals surface area contributed by atoms with E-state index in [0.717, 1.165) is 10.0 Å². The van der Waals surface area contributed by atoms with E-state index in [4.69, 9.17) is 0 Å². The minimum absolute atomic E-state index is 0.0269. The summed E-state index contributed by atoms with van der Waals surface area (Å²) in [6, 6.07) is 7.93. The highest BCUT2D eigenvalue weighted by Gasteiger charge is 2.25. The molecule has 1 amide bonds. The summed E-state index contributed by atoms with van der Waals surface area (Å²) in [6.07, 6.45) is 1.14. The Hall–Kier alpha value is -0.870. The van der Waals surface area contributed by atoms with Crippen LogP contribution in [-0.4, -0.2) is 23.2 Å². The number of aliphatic hydroxyl groups is 1. The number of halogens is 1. The lowest BCUT2D eigenvalue weighted by molar-refractivity contribution is -0.122. The molecule has 0 spiro atoms. The first-order valence-corrected chi connectivity index (χ1v) is 7.34. The van der Waals surface area contributed by atoms with Crippen molar-refractivity contribution in [2.45, 2.75) is 39.2 Å². The maximum atomic E-state index is 11.7. The number of amides is 1. The minimum atomic E-state index is -0.856. The molecule has 2 N–H and O–H groups in total. The highest BCUT2D eigenvalue weighted by atomic mass is 79.9. The van der Waals surface area contributed by atoms with Crippen molar-refractivity contribution in [2.75, 3.05) is 6.54 Å². The van der Waals surface area contributed by atoms with E-state index >= 15 is 0 Å². The number of carbonyl (C=O) groups is 1. The van der Waals surface area contributed by atoms with E-state index in [0.29, 0.717) is 19.4 Å². The largest absolute Gasteiger partial charge is 0.388 e. The van der Waals surface area contributed by atoms with Crippen LogP contribution in [-0.2, 0) is 11.2 Å². The molecular formula is C15H22BrNO2. The van der Waals surface area contributed by atoms with Crippen LogP contribution in [0.4, 0.5) is 0 Å². The van der Waals surface area contributed by atoms with Crippen LogP contribution in [0.5, 0.6) is 0 Å². The third-order valence-electron chi connectivity index (χ3n) is 3.42. The summed E-state index contributed by atoms with van der Waals surface area (Å²) >= 11 is 3.41. The maximum Gasteiger partial charge on any atom is 0.220 e. The van der Waals surface area contributed by atoms with Crippen LogP contribution in [0.1, 0.15) is 32.8 Å². The molecule has 0 radical (unpaired) electrons. The Kier molecular flexibility index (Phi) is 6.01. The van der Waals surface area contributed by atoms with Crippen LogP contribution in [0.2, 0.25) is 0 Å². The van der Waals surface area contributed by atoms with Gasteiger partial charge in [-0.2, -0.15) is 0 Å². The van der Waals surface area contributed by atoms with E-state index in [9.17, 15) is 9.90 Å². The van der Waals surface area contributed by atoms with Gasteiger partial charge in [-0.1, -0.05) is 41.9 Å². The molecule has 0 fully saturated rings. The van der Waals surface area contributed by atoms with Gasteiger partial charge in [0.2, 0.25) is 5.91 Å². The van der Waals surface area contributed by atoms with Crippen molar-refractivity contribution in [3.05, 3.63) is 34.3 Å². The second-order valence-electron chi connectivity index (χ2n) is 5.42. The Morgan fingerprint density at radius 1 is 1.47 bits per heavy atom. The van der Waals surface area contributed by atoms with E-state index in [1.165, 1.54) is 0 Å². The molecule has 1 unspecified atom stereocenters. The highest BCUT2D eigenvalue weighted by Crippen LogP contribution is 2.15. The van der Waals surface area contributed by atoms with Crippen molar-refractivity contribution in [1.29, 1.82) is 0 Å². The van der Waals surface area contributed by atoms with E-state index in [1.807, 2.05) is 38.1 Å². The molecule has 19 heavy (non-hydrogen) atoms. The molecular weight excluding hydrogens is 306 g/mol. The van der Waals surface area contributed by atoms with Crippen LogP contribution in [0, 0.1) is 5.92 Å². The maximum absolute atomic E-state index is 11.7. The Bertz CT molecular complexity index is 430. The quantitative estimate of drug-likeness (QED) is 0.844. The highest BCUT2D eigenvalue weighted by molar-refractivity contribution is 9.10. The Morgan fingerprint density at radius 2 is 2.16 bits per heavy atom. The van der Waals surface area contributed by atoms with Crippen LogP contribution in [0.15, 0.2) is 28.7 Å². The lowest BCUT2D eigenvalue weighted by atomic mass is 9.92. The normalized spacial score (nSPS) is 14.2. The molecule has 106 valence electrons. The first-order chi connectivity index (χ1) is 8.81. The summed E-state index contributed by atoms with van der Waals surface area (Å²) < 4.78 is 1.02. The average Bonchev–Trinajstić information content (AvgIpc) is 2.34. The number of rotatable bonds is 6. The van der Waals surface area contributed by atoms with Gasteiger partial charge in [0.25, 0.3) is 0 Å². The van der Waals surface area contributed by atoms with Gasteiger partial charge in [0.15, 0.2) is 0 Å². The molecule has 1 aromatic carbocycles. The second-order valence-corrected chi connectivity index (χ2v) is 6.33. The molecule has 0 bridgehead atoms. The Balaban J connectivity index is 2.36. The predicted octanol–water partition coefficient (Wildman–Crippen LogP) is 2.90. The second kappa shape index (κ2) is 7.06. The fourth-order valence-electron chi connectivity index (χ4n) is 1.52. The zero-order chi connectivity index (χ0) is 14.5. The topological polar surface area (TPSA) is 49.3 Å². The van der Waals surface area contributed by atoms with Crippen molar-refractivity contribution in [1.82, 2.24) is 5.32 Å². The number of benzene rings is 1. The molecule has 3 nitrogen and oxygen atoms in total. The zero-order valence-corrected chi connectivity index (χ0v) is 13.3. The van der Waals surface area contributed by atoms with Crippen molar-refractivity contribution < 1.29 is 9.90 Å². The molecule has 1 rings (SSSR count). The van der Waals surface area contributed by atoms with Crippen LogP contribution in [0.3, 0.4) is 0 Å². The third kappa shape index (κ3) is 5.74. The standard InChI is InChI=1S/C15H22BrNO2/c1-11(2)15(3,19)10-17-14(18)8-7-12-5-4-6-13(16)9-12/h4-6,9,11,19H,7-8,10H2,1-3H3,(H,17,18). The van der Waals surface area contributed by atoms with E-state index in [-0.39, 0.29) is 11.8 Å². The fourth-order valence-corrected chi connectivity index (χ4v) is 1.97. The van der Waals surface area contributed by atoms with Crippen LogP contribution >= 0.6 is 15.9 Å². The Morgan fingerprint density at radius 3 is 2.74 bits per heavy atom. The molecule has 1 atom stereocenters. The SMILES string of the molecule is CC(C)C(C)(O)CNC(=O)CCc1cccc(Br)c1. The van der Waals surface area contributed by atoms with Gasteiger partial charge in [-0.3, -0.25) is 4.79 Å². The number of carbonyl (C=O) groups excluding carboxylic acids is 1. The smallest absolute Gasteiger partial charge is 0.220 e. The van der Waals surface area contributed by atoms with Gasteiger partial charge in [-0.15, -0.1) is 0 Å². The van der Waals surface area contributed by atoms with Crippen LogP contribution in [0.25, 0.3) is 0 Å². The molecule has 0 aliphatic carbocycles. The number of hydrogen-bond donors (Lipinski definition) is 2. The molecule has 0 aliphatic rings. The van der Waals surface area contributed by atoms with Gasteiger partial charge in [0.1, 0.15) is 0 Å². The molecule has 0 aliphatic heterocycles. The average molecular weight is 328 g/mol. The lowest BCUT2D eigenvalue weighted by Crippen LogP contribution is -2.44. The molecule has 4 heteroatoms. The molecule has 0 saturated carbocycles. The number of hydrogen-bond acceptors (Lipinski definition) is 2. The van der Waals surface area contributed by atoms with Gasteiger partial charge < -0.3 is 10.4 Å². The summed E-state index contributed by atoms with van der Waals surface area (Å²) in [6.45, 7) is 5.91. The zero-order valence-electron chi connectivity index (χ0n) is 11.7. The van der Waals surface area contributed by atoms with Crippen molar-refractivity contribution in [3.63, 3.8) is 0 Å². The van der Waals surface area contributed by atoms with E-state index in [2.05, 4.69) is 21.2 Å². The van der Waals surface area contributed by atoms with Gasteiger partial charge in [-0.25, -0.2) is 0 Å². The van der Waals surface area contributed by atoms with Crippen molar-refractivity contribution in [3.8, 4) is 0 Å². The van der Waals surface area contributed by atoms with Gasteiger partial charge in [-0.05, 0) is 37.0 Å². The van der Waals surface area contributed by atoms with E-state index < -0.39 is 5.60 Å².